The zero-order valence-corrected chi connectivity index (χ0v) is 63.8. The van der Waals surface area contributed by atoms with Gasteiger partial charge < -0.3 is 33.8 Å². The highest BCUT2D eigenvalue weighted by atomic mass is 31.2. The van der Waals surface area contributed by atoms with Crippen LogP contribution in [-0.4, -0.2) is 96.7 Å². The van der Waals surface area contributed by atoms with Gasteiger partial charge in [0.1, 0.15) is 19.3 Å². The molecule has 0 aromatic rings. The van der Waals surface area contributed by atoms with Crippen LogP contribution in [0.15, 0.2) is 0 Å². The first-order valence-corrected chi connectivity index (χ1v) is 42.5. The lowest BCUT2D eigenvalue weighted by atomic mass is 10.0. The molecule has 0 fully saturated rings. The van der Waals surface area contributed by atoms with Gasteiger partial charge in [-0.25, -0.2) is 9.13 Å². The standard InChI is InChI=1S/C76H148O17P2/c1-7-9-11-13-15-17-27-36-42-48-54-60-75(80)92-71(64-86-73(78)58-52-46-40-32-16-14-12-10-8-2)66-90-94(82,83)88-62-70(77)63-89-95(84,85)91-67-72(65-87-74(79)59-53-47-41-35-31-26-29-34-39-45-51-57-69(5)6)93-76(81)61-55-49-43-37-30-25-23-21-19-18-20-22-24-28-33-38-44-50-56-68(3)4/h68-72,77H,7-67H2,1-6H3,(H,82,83)(H,84,85)/t70-,71+,72+/m0/s1. The van der Waals surface area contributed by atoms with Gasteiger partial charge in [-0.3, -0.25) is 37.3 Å². The Labute approximate surface area is 581 Å². The Hall–Kier alpha value is -1.94. The zero-order chi connectivity index (χ0) is 70.0. The molecule has 0 aliphatic rings. The SMILES string of the molecule is CCCCCCCCCCCCCC(=O)O[C@H](COC(=O)CCCCCCCCCCC)COP(=O)(O)OC[C@H](O)COP(=O)(O)OC[C@@H](COC(=O)CCCCCCCCCCCCCC(C)C)OC(=O)CCCCCCCCCCCCCCCCCCCCC(C)C. The lowest BCUT2D eigenvalue weighted by Gasteiger charge is -2.21. The molecule has 2 unspecified atom stereocenters. The molecule has 95 heavy (non-hydrogen) atoms. The van der Waals surface area contributed by atoms with E-state index in [9.17, 15) is 43.2 Å². The van der Waals surface area contributed by atoms with Gasteiger partial charge in [-0.2, -0.15) is 0 Å². The van der Waals surface area contributed by atoms with Crippen LogP contribution in [0.3, 0.4) is 0 Å². The van der Waals surface area contributed by atoms with Crippen LogP contribution >= 0.6 is 15.6 Å². The monoisotopic (exact) mass is 1400 g/mol. The van der Waals surface area contributed by atoms with Crippen molar-refractivity contribution in [1.82, 2.24) is 0 Å². The topological polar surface area (TPSA) is 237 Å². The molecule has 0 aromatic carbocycles. The maximum absolute atomic E-state index is 13.1. The van der Waals surface area contributed by atoms with Gasteiger partial charge in [0.25, 0.3) is 0 Å². The summed E-state index contributed by atoms with van der Waals surface area (Å²) in [6.45, 7) is 9.62. The third-order valence-electron chi connectivity index (χ3n) is 17.7. The number of unbranched alkanes of at least 4 members (excludes halogenated alkanes) is 45. The number of aliphatic hydroxyl groups excluding tert-OH is 1. The van der Waals surface area contributed by atoms with Crippen LogP contribution in [0.1, 0.15) is 395 Å². The molecule has 19 heteroatoms. The van der Waals surface area contributed by atoms with Crippen LogP contribution in [0, 0.1) is 11.8 Å². The molecule has 0 saturated heterocycles. The number of hydrogen-bond acceptors (Lipinski definition) is 15. The van der Waals surface area contributed by atoms with Crippen molar-refractivity contribution in [2.24, 2.45) is 11.8 Å². The summed E-state index contributed by atoms with van der Waals surface area (Å²) in [6, 6.07) is 0. The van der Waals surface area contributed by atoms with Crippen LogP contribution in [0.5, 0.6) is 0 Å². The van der Waals surface area contributed by atoms with Crippen molar-refractivity contribution in [1.29, 1.82) is 0 Å². The molecule has 0 amide bonds. The Morgan fingerprint density at radius 2 is 0.484 bits per heavy atom. The summed E-state index contributed by atoms with van der Waals surface area (Å²) in [6.07, 6.45) is 55.5. The molecule has 0 rings (SSSR count). The van der Waals surface area contributed by atoms with E-state index in [0.29, 0.717) is 25.7 Å². The summed E-state index contributed by atoms with van der Waals surface area (Å²) in [7, 11) is -9.91. The van der Waals surface area contributed by atoms with Crippen molar-refractivity contribution in [2.45, 2.75) is 413 Å². The number of phosphoric ester groups is 2. The van der Waals surface area contributed by atoms with Gasteiger partial charge in [0, 0.05) is 25.7 Å². The fraction of sp³-hybridized carbons (Fsp3) is 0.947. The number of rotatable bonds is 75. The van der Waals surface area contributed by atoms with E-state index in [1.807, 2.05) is 0 Å². The van der Waals surface area contributed by atoms with Crippen LogP contribution in [0.25, 0.3) is 0 Å². The van der Waals surface area contributed by atoms with E-state index in [0.717, 1.165) is 102 Å². The predicted octanol–water partition coefficient (Wildman–Crippen LogP) is 22.3. The fourth-order valence-electron chi connectivity index (χ4n) is 11.7. The van der Waals surface area contributed by atoms with E-state index in [-0.39, 0.29) is 25.7 Å². The molecule has 0 aliphatic heterocycles. The van der Waals surface area contributed by atoms with Gasteiger partial charge in [0.2, 0.25) is 0 Å². The fourth-order valence-corrected chi connectivity index (χ4v) is 13.2. The predicted molar refractivity (Wildman–Crippen MR) is 386 cm³/mol. The van der Waals surface area contributed by atoms with Crippen LogP contribution < -0.4 is 0 Å². The Morgan fingerprint density at radius 3 is 0.716 bits per heavy atom. The molecule has 17 nitrogen and oxygen atoms in total. The van der Waals surface area contributed by atoms with Gasteiger partial charge in [-0.1, -0.05) is 343 Å². The minimum atomic E-state index is -4.96. The Balaban J connectivity index is 5.19. The van der Waals surface area contributed by atoms with Crippen molar-refractivity contribution in [3.05, 3.63) is 0 Å². The third-order valence-corrected chi connectivity index (χ3v) is 19.6. The lowest BCUT2D eigenvalue weighted by molar-refractivity contribution is -0.161. The van der Waals surface area contributed by atoms with Crippen LogP contribution in [0.4, 0.5) is 0 Å². The largest absolute Gasteiger partial charge is 0.472 e. The average molecular weight is 1400 g/mol. The molecule has 5 atom stereocenters. The van der Waals surface area contributed by atoms with Crippen molar-refractivity contribution in [2.75, 3.05) is 39.6 Å². The van der Waals surface area contributed by atoms with Crippen molar-refractivity contribution >= 4 is 39.5 Å². The summed E-state index contributed by atoms with van der Waals surface area (Å²) in [5, 5.41) is 10.6. The average Bonchev–Trinajstić information content (AvgIpc) is 2.61. The summed E-state index contributed by atoms with van der Waals surface area (Å²) in [5.74, 6) is -0.525. The molecular formula is C76H148O17P2. The lowest BCUT2D eigenvalue weighted by Crippen LogP contribution is -2.30. The number of hydrogen-bond donors (Lipinski definition) is 3. The van der Waals surface area contributed by atoms with Gasteiger partial charge in [-0.05, 0) is 37.5 Å². The number of carbonyl (C=O) groups excluding carboxylic acids is 4. The number of phosphoric acid groups is 2. The van der Waals surface area contributed by atoms with E-state index in [1.54, 1.807) is 0 Å². The Morgan fingerprint density at radius 1 is 0.284 bits per heavy atom. The second kappa shape index (κ2) is 67.9. The smallest absolute Gasteiger partial charge is 0.462 e. The second-order valence-electron chi connectivity index (χ2n) is 28.3. The number of esters is 4. The van der Waals surface area contributed by atoms with Crippen LogP contribution in [0.2, 0.25) is 0 Å². The van der Waals surface area contributed by atoms with E-state index < -0.39 is 97.5 Å². The minimum absolute atomic E-state index is 0.107. The van der Waals surface area contributed by atoms with E-state index in [4.69, 9.17) is 37.0 Å². The van der Waals surface area contributed by atoms with E-state index in [2.05, 4.69) is 41.5 Å². The van der Waals surface area contributed by atoms with Crippen molar-refractivity contribution < 1.29 is 80.2 Å². The molecule has 0 aliphatic carbocycles. The highest BCUT2D eigenvalue weighted by molar-refractivity contribution is 7.47. The molecule has 0 bridgehead atoms. The maximum atomic E-state index is 13.1. The van der Waals surface area contributed by atoms with Crippen LogP contribution in [-0.2, 0) is 65.4 Å². The summed E-state index contributed by atoms with van der Waals surface area (Å²) in [5.41, 5.74) is 0. The Bertz CT molecular complexity index is 1840. The molecule has 564 valence electrons. The molecule has 0 spiro atoms. The number of ether oxygens (including phenoxy) is 4. The molecule has 0 heterocycles. The highest BCUT2D eigenvalue weighted by Crippen LogP contribution is 2.45. The number of carbonyl (C=O) groups is 4. The summed E-state index contributed by atoms with van der Waals surface area (Å²) >= 11 is 0. The molecular weight excluding hydrogens is 1250 g/mol. The van der Waals surface area contributed by atoms with Gasteiger partial charge in [0.15, 0.2) is 12.2 Å². The minimum Gasteiger partial charge on any atom is -0.462 e. The summed E-state index contributed by atoms with van der Waals surface area (Å²) in [4.78, 5) is 72.7. The molecule has 0 radical (unpaired) electrons. The first-order valence-electron chi connectivity index (χ1n) is 39.5. The normalized spacial score (nSPS) is 14.0. The van der Waals surface area contributed by atoms with Gasteiger partial charge in [-0.15, -0.1) is 0 Å². The first-order chi connectivity index (χ1) is 45.9. The molecule has 0 saturated carbocycles. The molecule has 0 aromatic heterocycles. The molecule has 3 N–H and O–H groups in total. The van der Waals surface area contributed by atoms with Crippen molar-refractivity contribution in [3.63, 3.8) is 0 Å². The maximum Gasteiger partial charge on any atom is 0.472 e. The van der Waals surface area contributed by atoms with Gasteiger partial charge in [0.05, 0.1) is 26.4 Å². The van der Waals surface area contributed by atoms with E-state index >= 15 is 0 Å². The Kier molecular flexibility index (Phi) is 66.5. The van der Waals surface area contributed by atoms with E-state index in [1.165, 1.54) is 212 Å². The van der Waals surface area contributed by atoms with Crippen molar-refractivity contribution in [3.8, 4) is 0 Å². The second-order valence-corrected chi connectivity index (χ2v) is 31.3. The summed E-state index contributed by atoms with van der Waals surface area (Å²) < 4.78 is 68.4. The highest BCUT2D eigenvalue weighted by Gasteiger charge is 2.30. The third kappa shape index (κ3) is 70.3. The first kappa shape index (κ1) is 93.1. The quantitative estimate of drug-likeness (QED) is 0.0222. The van der Waals surface area contributed by atoms with Gasteiger partial charge >= 0.3 is 39.5 Å². The zero-order valence-electron chi connectivity index (χ0n) is 62.0. The number of aliphatic hydroxyl groups is 1.